The molecule has 2 heterocycles. The van der Waals surface area contributed by atoms with Crippen LogP contribution >= 0.6 is 0 Å². The zero-order valence-corrected chi connectivity index (χ0v) is 16.7. The summed E-state index contributed by atoms with van der Waals surface area (Å²) >= 11 is 0. The molecule has 1 aromatic heterocycles. The zero-order valence-electron chi connectivity index (χ0n) is 16.7. The number of hydrogen-bond donors (Lipinski definition) is 0. The maximum atomic E-state index is 12.2. The van der Waals surface area contributed by atoms with Gasteiger partial charge in [0.2, 0.25) is 0 Å². The lowest BCUT2D eigenvalue weighted by molar-refractivity contribution is 0.0177. The van der Waals surface area contributed by atoms with Crippen LogP contribution < -0.4 is 0 Å². The molecule has 0 N–H and O–H groups in total. The number of hydrogen-bond acceptors (Lipinski definition) is 3. The van der Waals surface area contributed by atoms with Crippen molar-refractivity contribution >= 4 is 17.0 Å². The lowest BCUT2D eigenvalue weighted by Gasteiger charge is -2.33. The quantitative estimate of drug-likeness (QED) is 0.809. The Hall–Kier alpha value is -2.04. The standard InChI is InChI=1S/C21H31N3O2/c1-6-17-8-7-9-18-19(17)15(2)24(22-18)14-16-10-12-23(13-11-16)20(25)26-21(3,4)5/h7-9,16H,6,10-14H2,1-5H3. The van der Waals surface area contributed by atoms with Crippen LogP contribution in [0, 0.1) is 12.8 Å². The summed E-state index contributed by atoms with van der Waals surface area (Å²) in [6.07, 6.45) is 2.83. The Morgan fingerprint density at radius 2 is 1.96 bits per heavy atom. The van der Waals surface area contributed by atoms with E-state index in [2.05, 4.69) is 36.7 Å². The van der Waals surface area contributed by atoms with Gasteiger partial charge < -0.3 is 9.64 Å². The van der Waals surface area contributed by atoms with Gasteiger partial charge in [-0.05, 0) is 64.5 Å². The van der Waals surface area contributed by atoms with E-state index in [9.17, 15) is 4.79 Å². The summed E-state index contributed by atoms with van der Waals surface area (Å²) in [6.45, 7) is 12.5. The molecule has 2 aromatic rings. The van der Waals surface area contributed by atoms with Gasteiger partial charge in [-0.3, -0.25) is 4.68 Å². The number of benzene rings is 1. The molecule has 0 spiro atoms. The summed E-state index contributed by atoms with van der Waals surface area (Å²) in [4.78, 5) is 14.0. The molecular formula is C21H31N3O2. The zero-order chi connectivity index (χ0) is 18.9. The molecule has 0 radical (unpaired) electrons. The van der Waals surface area contributed by atoms with Crippen molar-refractivity contribution in [3.05, 3.63) is 29.5 Å². The van der Waals surface area contributed by atoms with E-state index in [1.165, 1.54) is 16.6 Å². The van der Waals surface area contributed by atoms with Crippen molar-refractivity contribution < 1.29 is 9.53 Å². The van der Waals surface area contributed by atoms with Crippen LogP contribution in [-0.2, 0) is 17.7 Å². The smallest absolute Gasteiger partial charge is 0.410 e. The van der Waals surface area contributed by atoms with Crippen molar-refractivity contribution in [1.82, 2.24) is 14.7 Å². The Kier molecular flexibility index (Phi) is 5.26. The van der Waals surface area contributed by atoms with Gasteiger partial charge in [0.15, 0.2) is 0 Å². The van der Waals surface area contributed by atoms with E-state index in [1.54, 1.807) is 0 Å². The first kappa shape index (κ1) is 18.7. The number of ether oxygens (including phenoxy) is 1. The van der Waals surface area contributed by atoms with Gasteiger partial charge in [-0.15, -0.1) is 0 Å². The van der Waals surface area contributed by atoms with E-state index >= 15 is 0 Å². The molecule has 1 aromatic carbocycles. The second-order valence-electron chi connectivity index (χ2n) is 8.34. The second-order valence-corrected chi connectivity index (χ2v) is 8.34. The van der Waals surface area contributed by atoms with Gasteiger partial charge in [-0.2, -0.15) is 5.10 Å². The number of rotatable bonds is 3. The van der Waals surface area contributed by atoms with Crippen molar-refractivity contribution in [3.8, 4) is 0 Å². The Morgan fingerprint density at radius 1 is 1.27 bits per heavy atom. The maximum absolute atomic E-state index is 12.2. The van der Waals surface area contributed by atoms with E-state index in [-0.39, 0.29) is 6.09 Å². The summed E-state index contributed by atoms with van der Waals surface area (Å²) in [5.41, 5.74) is 3.28. The highest BCUT2D eigenvalue weighted by Crippen LogP contribution is 2.26. The Morgan fingerprint density at radius 3 is 2.58 bits per heavy atom. The molecule has 26 heavy (non-hydrogen) atoms. The van der Waals surface area contributed by atoms with Gasteiger partial charge in [-0.1, -0.05) is 19.1 Å². The van der Waals surface area contributed by atoms with Crippen molar-refractivity contribution in [2.45, 2.75) is 66.0 Å². The van der Waals surface area contributed by atoms with Crippen molar-refractivity contribution in [3.63, 3.8) is 0 Å². The van der Waals surface area contributed by atoms with Crippen molar-refractivity contribution in [1.29, 1.82) is 0 Å². The lowest BCUT2D eigenvalue weighted by atomic mass is 9.97. The topological polar surface area (TPSA) is 47.4 Å². The third-order valence-electron chi connectivity index (χ3n) is 5.18. The minimum atomic E-state index is -0.433. The van der Waals surface area contributed by atoms with Crippen LogP contribution in [0.25, 0.3) is 10.9 Å². The molecule has 3 rings (SSSR count). The molecule has 0 bridgehead atoms. The number of carbonyl (C=O) groups excluding carboxylic acids is 1. The molecule has 1 aliphatic rings. The highest BCUT2D eigenvalue weighted by molar-refractivity contribution is 5.85. The third-order valence-corrected chi connectivity index (χ3v) is 5.18. The summed E-state index contributed by atoms with van der Waals surface area (Å²) in [7, 11) is 0. The highest BCUT2D eigenvalue weighted by Gasteiger charge is 2.27. The Bertz CT molecular complexity index is 780. The summed E-state index contributed by atoms with van der Waals surface area (Å²) in [6, 6.07) is 6.39. The summed E-state index contributed by atoms with van der Waals surface area (Å²) in [5, 5.41) is 6.14. The minimum absolute atomic E-state index is 0.190. The SMILES string of the molecule is CCc1cccc2nn(CC3CCN(C(=O)OC(C)(C)C)CC3)c(C)c12. The fraction of sp³-hybridized carbons (Fsp3) is 0.619. The van der Waals surface area contributed by atoms with Crippen LogP contribution in [0.4, 0.5) is 4.79 Å². The second kappa shape index (κ2) is 7.29. The van der Waals surface area contributed by atoms with E-state index in [1.807, 2.05) is 25.7 Å². The van der Waals surface area contributed by atoms with E-state index in [0.29, 0.717) is 5.92 Å². The predicted octanol–water partition coefficient (Wildman–Crippen LogP) is 4.55. The first-order valence-electron chi connectivity index (χ1n) is 9.71. The van der Waals surface area contributed by atoms with Gasteiger partial charge in [0.05, 0.1) is 5.52 Å². The molecule has 5 nitrogen and oxygen atoms in total. The number of carbonyl (C=O) groups is 1. The molecule has 5 heteroatoms. The first-order valence-corrected chi connectivity index (χ1v) is 9.71. The predicted molar refractivity (Wildman–Crippen MR) is 104 cm³/mol. The van der Waals surface area contributed by atoms with Gasteiger partial charge in [0, 0.05) is 30.7 Å². The molecule has 142 valence electrons. The number of likely N-dealkylation sites (tertiary alicyclic amines) is 1. The van der Waals surface area contributed by atoms with Gasteiger partial charge in [0.1, 0.15) is 5.60 Å². The maximum Gasteiger partial charge on any atom is 0.410 e. The molecule has 1 saturated heterocycles. The molecule has 1 aliphatic heterocycles. The monoisotopic (exact) mass is 357 g/mol. The summed E-state index contributed by atoms with van der Waals surface area (Å²) < 4.78 is 7.65. The van der Waals surface area contributed by atoms with Crippen LogP contribution in [0.1, 0.15) is 51.8 Å². The normalized spacial score (nSPS) is 16.3. The first-order chi connectivity index (χ1) is 12.3. The van der Waals surface area contributed by atoms with E-state index < -0.39 is 5.60 Å². The molecule has 1 fully saturated rings. The number of aromatic nitrogens is 2. The fourth-order valence-corrected chi connectivity index (χ4v) is 3.76. The average molecular weight is 357 g/mol. The summed E-state index contributed by atoms with van der Waals surface area (Å²) in [5.74, 6) is 0.548. The third kappa shape index (κ3) is 4.02. The van der Waals surface area contributed by atoms with Crippen molar-refractivity contribution in [2.24, 2.45) is 5.92 Å². The van der Waals surface area contributed by atoms with Crippen LogP contribution in [0.15, 0.2) is 18.2 Å². The van der Waals surface area contributed by atoms with Gasteiger partial charge >= 0.3 is 6.09 Å². The molecule has 0 atom stereocenters. The number of fused-ring (bicyclic) bond motifs is 1. The average Bonchev–Trinajstić information content (AvgIpc) is 2.90. The number of nitrogens with zero attached hydrogens (tertiary/aromatic N) is 3. The Labute approximate surface area is 156 Å². The highest BCUT2D eigenvalue weighted by atomic mass is 16.6. The fourth-order valence-electron chi connectivity index (χ4n) is 3.76. The van der Waals surface area contributed by atoms with Gasteiger partial charge in [-0.25, -0.2) is 4.79 Å². The van der Waals surface area contributed by atoms with E-state index in [0.717, 1.165) is 44.4 Å². The van der Waals surface area contributed by atoms with Crippen molar-refractivity contribution in [2.75, 3.05) is 13.1 Å². The largest absolute Gasteiger partial charge is 0.444 e. The van der Waals surface area contributed by atoms with Gasteiger partial charge in [0.25, 0.3) is 0 Å². The van der Waals surface area contributed by atoms with Crippen LogP contribution in [-0.4, -0.2) is 39.5 Å². The van der Waals surface area contributed by atoms with E-state index in [4.69, 9.17) is 9.84 Å². The molecule has 0 aliphatic carbocycles. The molecule has 0 saturated carbocycles. The van der Waals surface area contributed by atoms with Crippen LogP contribution in [0.3, 0.4) is 0 Å². The van der Waals surface area contributed by atoms with Crippen LogP contribution in [0.2, 0.25) is 0 Å². The molecule has 1 amide bonds. The number of amides is 1. The molecular weight excluding hydrogens is 326 g/mol. The molecule has 0 unspecified atom stereocenters. The number of aryl methyl sites for hydroxylation is 2. The number of piperidine rings is 1. The van der Waals surface area contributed by atoms with Crippen LogP contribution in [0.5, 0.6) is 0 Å². The lowest BCUT2D eigenvalue weighted by Crippen LogP contribution is -2.42. The minimum Gasteiger partial charge on any atom is -0.444 e. The Balaban J connectivity index is 1.64.